The summed E-state index contributed by atoms with van der Waals surface area (Å²) in [6, 6.07) is 10.9. The van der Waals surface area contributed by atoms with Gasteiger partial charge >= 0.3 is 0 Å². The Labute approximate surface area is 118 Å². The van der Waals surface area contributed by atoms with Crippen molar-refractivity contribution in [1.29, 1.82) is 0 Å². The van der Waals surface area contributed by atoms with Gasteiger partial charge in [0, 0.05) is 11.6 Å². The van der Waals surface area contributed by atoms with Crippen LogP contribution in [0.2, 0.25) is 5.02 Å². The van der Waals surface area contributed by atoms with Crippen LogP contribution in [0.25, 0.3) is 11.1 Å². The second-order valence-electron chi connectivity index (χ2n) is 4.60. The van der Waals surface area contributed by atoms with Crippen LogP contribution < -0.4 is 5.32 Å². The van der Waals surface area contributed by atoms with Crippen LogP contribution in [0.5, 0.6) is 0 Å². The number of halogens is 2. The van der Waals surface area contributed by atoms with Crippen LogP contribution in [0, 0.1) is 12.7 Å². The van der Waals surface area contributed by atoms with Crippen LogP contribution in [0.3, 0.4) is 0 Å². The van der Waals surface area contributed by atoms with Crippen LogP contribution in [0.4, 0.5) is 4.39 Å². The average Bonchev–Trinajstić information content (AvgIpc) is 2.36. The maximum atomic E-state index is 13.5. The van der Waals surface area contributed by atoms with Gasteiger partial charge in [0.2, 0.25) is 0 Å². The number of nitrogens with one attached hydrogen (secondary N) is 1. The molecule has 0 aliphatic heterocycles. The summed E-state index contributed by atoms with van der Waals surface area (Å²) in [5.41, 5.74) is 4.15. The zero-order valence-corrected chi connectivity index (χ0v) is 11.9. The molecule has 19 heavy (non-hydrogen) atoms. The Morgan fingerprint density at radius 3 is 2.63 bits per heavy atom. The molecule has 0 saturated heterocycles. The third kappa shape index (κ3) is 3.55. The van der Waals surface area contributed by atoms with Crippen LogP contribution in [0.1, 0.15) is 18.1 Å². The summed E-state index contributed by atoms with van der Waals surface area (Å²) in [5.74, 6) is -0.307. The van der Waals surface area contributed by atoms with Gasteiger partial charge in [0.05, 0.1) is 0 Å². The number of benzene rings is 2. The second-order valence-corrected chi connectivity index (χ2v) is 5.04. The molecule has 0 spiro atoms. The van der Waals surface area contributed by atoms with Gasteiger partial charge in [-0.25, -0.2) is 4.39 Å². The molecule has 1 N–H and O–H groups in total. The van der Waals surface area contributed by atoms with E-state index in [0.717, 1.165) is 35.3 Å². The van der Waals surface area contributed by atoms with Crippen LogP contribution >= 0.6 is 11.6 Å². The Morgan fingerprint density at radius 2 is 1.95 bits per heavy atom. The molecule has 2 aromatic carbocycles. The van der Waals surface area contributed by atoms with Crippen molar-refractivity contribution >= 4 is 11.6 Å². The van der Waals surface area contributed by atoms with Crippen LogP contribution in [-0.4, -0.2) is 6.54 Å². The van der Waals surface area contributed by atoms with Gasteiger partial charge in [-0.2, -0.15) is 0 Å². The third-order valence-electron chi connectivity index (χ3n) is 3.00. The highest BCUT2D eigenvalue weighted by atomic mass is 35.5. The zero-order valence-electron chi connectivity index (χ0n) is 11.1. The van der Waals surface area contributed by atoms with E-state index in [1.807, 2.05) is 6.92 Å². The molecular weight excluding hydrogens is 261 g/mol. The fraction of sp³-hybridized carbons (Fsp3) is 0.250. The number of rotatable bonds is 4. The Hall–Kier alpha value is -1.38. The molecule has 0 unspecified atom stereocenters. The van der Waals surface area contributed by atoms with Gasteiger partial charge < -0.3 is 5.32 Å². The Kier molecular flexibility index (Phi) is 4.56. The van der Waals surface area contributed by atoms with E-state index in [1.54, 1.807) is 6.07 Å². The average molecular weight is 278 g/mol. The Morgan fingerprint density at radius 1 is 1.16 bits per heavy atom. The largest absolute Gasteiger partial charge is 0.313 e. The predicted octanol–water partition coefficient (Wildman–Crippen LogP) is 4.56. The zero-order chi connectivity index (χ0) is 13.8. The van der Waals surface area contributed by atoms with E-state index in [2.05, 4.69) is 30.4 Å². The van der Waals surface area contributed by atoms with Crippen molar-refractivity contribution in [1.82, 2.24) is 5.32 Å². The van der Waals surface area contributed by atoms with E-state index in [0.29, 0.717) is 5.02 Å². The van der Waals surface area contributed by atoms with E-state index >= 15 is 0 Å². The monoisotopic (exact) mass is 277 g/mol. The molecule has 0 radical (unpaired) electrons. The Bertz CT molecular complexity index is 561. The molecule has 0 aliphatic rings. The van der Waals surface area contributed by atoms with E-state index in [9.17, 15) is 4.39 Å². The molecule has 2 aromatic rings. The van der Waals surface area contributed by atoms with Crippen LogP contribution in [0.15, 0.2) is 36.4 Å². The summed E-state index contributed by atoms with van der Waals surface area (Å²) in [6.07, 6.45) is 0. The molecule has 100 valence electrons. The molecule has 0 saturated carbocycles. The van der Waals surface area contributed by atoms with Gasteiger partial charge in [-0.05, 0) is 48.4 Å². The summed E-state index contributed by atoms with van der Waals surface area (Å²) in [5, 5.41) is 3.72. The lowest BCUT2D eigenvalue weighted by Crippen LogP contribution is -2.12. The smallest absolute Gasteiger partial charge is 0.125 e. The highest BCUT2D eigenvalue weighted by Crippen LogP contribution is 2.28. The van der Waals surface area contributed by atoms with Crippen molar-refractivity contribution in [3.63, 3.8) is 0 Å². The van der Waals surface area contributed by atoms with E-state index in [1.165, 1.54) is 12.1 Å². The van der Waals surface area contributed by atoms with Gasteiger partial charge in [-0.1, -0.05) is 42.3 Å². The van der Waals surface area contributed by atoms with E-state index in [-0.39, 0.29) is 5.82 Å². The molecule has 0 aromatic heterocycles. The minimum Gasteiger partial charge on any atom is -0.313 e. The number of aryl methyl sites for hydroxylation is 1. The Balaban J connectivity index is 2.49. The summed E-state index contributed by atoms with van der Waals surface area (Å²) in [4.78, 5) is 0. The van der Waals surface area contributed by atoms with Gasteiger partial charge in [0.25, 0.3) is 0 Å². The molecule has 0 atom stereocenters. The molecule has 1 nitrogen and oxygen atoms in total. The first-order valence-electron chi connectivity index (χ1n) is 6.37. The van der Waals surface area contributed by atoms with E-state index in [4.69, 9.17) is 11.6 Å². The van der Waals surface area contributed by atoms with Crippen molar-refractivity contribution < 1.29 is 4.39 Å². The van der Waals surface area contributed by atoms with Crippen molar-refractivity contribution in [2.75, 3.05) is 6.54 Å². The van der Waals surface area contributed by atoms with Gasteiger partial charge in [-0.15, -0.1) is 0 Å². The van der Waals surface area contributed by atoms with Gasteiger partial charge in [0.1, 0.15) is 5.82 Å². The number of hydrogen-bond donors (Lipinski definition) is 1. The maximum absolute atomic E-state index is 13.5. The fourth-order valence-electron chi connectivity index (χ4n) is 2.08. The first-order valence-corrected chi connectivity index (χ1v) is 6.74. The molecular formula is C16H17ClFN. The lowest BCUT2D eigenvalue weighted by molar-refractivity contribution is 0.628. The van der Waals surface area contributed by atoms with Crippen LogP contribution in [-0.2, 0) is 6.54 Å². The SMILES string of the molecule is CCNCc1ccc(C)cc1-c1cc(F)cc(Cl)c1. The lowest BCUT2D eigenvalue weighted by atomic mass is 9.97. The fourth-order valence-corrected chi connectivity index (χ4v) is 2.30. The minimum absolute atomic E-state index is 0.307. The molecule has 0 fully saturated rings. The third-order valence-corrected chi connectivity index (χ3v) is 3.22. The van der Waals surface area contributed by atoms with Crippen molar-refractivity contribution in [2.45, 2.75) is 20.4 Å². The quantitative estimate of drug-likeness (QED) is 0.864. The first kappa shape index (κ1) is 14.0. The maximum Gasteiger partial charge on any atom is 0.125 e. The lowest BCUT2D eigenvalue weighted by Gasteiger charge is -2.12. The second kappa shape index (κ2) is 6.18. The predicted molar refractivity (Wildman–Crippen MR) is 79.0 cm³/mol. The highest BCUT2D eigenvalue weighted by Gasteiger charge is 2.08. The summed E-state index contributed by atoms with van der Waals surface area (Å²) in [6.45, 7) is 5.76. The summed E-state index contributed by atoms with van der Waals surface area (Å²) >= 11 is 5.94. The summed E-state index contributed by atoms with van der Waals surface area (Å²) < 4.78 is 13.5. The van der Waals surface area contributed by atoms with Gasteiger partial charge in [0.15, 0.2) is 0 Å². The summed E-state index contributed by atoms with van der Waals surface area (Å²) in [7, 11) is 0. The molecule has 0 amide bonds. The van der Waals surface area contributed by atoms with Crippen molar-refractivity contribution in [3.8, 4) is 11.1 Å². The van der Waals surface area contributed by atoms with Gasteiger partial charge in [-0.3, -0.25) is 0 Å². The standard InChI is InChI=1S/C16H17ClFN/c1-3-19-10-12-5-4-11(2)6-16(12)13-7-14(17)9-15(18)8-13/h4-9,19H,3,10H2,1-2H3. The molecule has 0 heterocycles. The normalized spacial score (nSPS) is 10.7. The minimum atomic E-state index is -0.307. The number of hydrogen-bond acceptors (Lipinski definition) is 1. The highest BCUT2D eigenvalue weighted by molar-refractivity contribution is 6.30. The van der Waals surface area contributed by atoms with Crippen molar-refractivity contribution in [2.24, 2.45) is 0 Å². The first-order chi connectivity index (χ1) is 9.10. The molecule has 3 heteroatoms. The molecule has 0 aliphatic carbocycles. The topological polar surface area (TPSA) is 12.0 Å². The molecule has 0 bridgehead atoms. The molecule has 2 rings (SSSR count). The van der Waals surface area contributed by atoms with Crippen molar-refractivity contribution in [3.05, 3.63) is 58.4 Å². The van der Waals surface area contributed by atoms with E-state index < -0.39 is 0 Å².